The molecule has 4 aliphatic rings. The van der Waals surface area contributed by atoms with E-state index in [0.717, 1.165) is 62.5 Å². The Hall–Kier alpha value is -5.08. The fraction of sp³-hybridized carbons (Fsp3) is 0.583. The molecule has 14 heteroatoms. The van der Waals surface area contributed by atoms with Gasteiger partial charge in [0.2, 0.25) is 35.4 Å². The largest absolute Gasteiger partial charge is 0.343 e. The first-order valence-corrected chi connectivity index (χ1v) is 22.9. The third kappa shape index (κ3) is 11.5. The highest BCUT2D eigenvalue weighted by atomic mass is 16.2. The van der Waals surface area contributed by atoms with Crippen molar-refractivity contribution in [2.45, 2.75) is 114 Å². The minimum Gasteiger partial charge on any atom is -0.343 e. The van der Waals surface area contributed by atoms with E-state index in [1.54, 1.807) is 49.9 Å². The summed E-state index contributed by atoms with van der Waals surface area (Å²) in [4.78, 5) is 91.2. The lowest BCUT2D eigenvalue weighted by Gasteiger charge is -2.33. The van der Waals surface area contributed by atoms with E-state index in [-0.39, 0.29) is 60.1 Å². The molecule has 8 atom stereocenters. The van der Waals surface area contributed by atoms with Crippen LogP contribution in [0.5, 0.6) is 0 Å². The molecule has 62 heavy (non-hydrogen) atoms. The van der Waals surface area contributed by atoms with Gasteiger partial charge in [-0.15, -0.1) is 0 Å². The number of likely N-dealkylation sites (tertiary alicyclic amines) is 4. The molecule has 2 aromatic rings. The van der Waals surface area contributed by atoms with Crippen molar-refractivity contribution in [1.82, 2.24) is 40.9 Å². The van der Waals surface area contributed by atoms with Crippen LogP contribution in [0.3, 0.4) is 0 Å². The van der Waals surface area contributed by atoms with Gasteiger partial charge in [0.05, 0.1) is 12.1 Å². The second-order valence-corrected chi connectivity index (χ2v) is 17.5. The Kier molecular flexibility index (Phi) is 16.7. The number of benzene rings is 2. The second-order valence-electron chi connectivity index (χ2n) is 17.5. The first-order chi connectivity index (χ1) is 30.0. The molecule has 4 aliphatic heterocycles. The number of rotatable bonds is 18. The van der Waals surface area contributed by atoms with Crippen molar-refractivity contribution in [1.29, 1.82) is 0 Å². The zero-order chi connectivity index (χ0) is 44.2. The van der Waals surface area contributed by atoms with Gasteiger partial charge >= 0.3 is 0 Å². The van der Waals surface area contributed by atoms with Crippen molar-refractivity contribution < 1.29 is 28.8 Å². The van der Waals surface area contributed by atoms with Crippen LogP contribution in [0.25, 0.3) is 0 Å². The quantitative estimate of drug-likeness (QED) is 0.167. The molecular formula is C48H68N8O6. The van der Waals surface area contributed by atoms with Crippen molar-refractivity contribution in [3.05, 3.63) is 83.9 Å². The molecular weight excluding hydrogens is 785 g/mol. The number of hydrogen-bond acceptors (Lipinski definition) is 8. The number of fused-ring (bicyclic) bond motifs is 2. The van der Waals surface area contributed by atoms with Gasteiger partial charge in [0.15, 0.2) is 0 Å². The normalized spacial score (nSPS) is 23.5. The van der Waals surface area contributed by atoms with Gasteiger partial charge in [-0.3, -0.25) is 28.8 Å². The molecule has 4 saturated heterocycles. The molecule has 4 heterocycles. The Morgan fingerprint density at radius 1 is 0.597 bits per heavy atom. The van der Waals surface area contributed by atoms with Crippen molar-refractivity contribution in [2.24, 2.45) is 11.8 Å². The molecule has 6 rings (SSSR count). The molecule has 14 nitrogen and oxygen atoms in total. The van der Waals surface area contributed by atoms with Crippen molar-refractivity contribution in [2.75, 3.05) is 53.4 Å². The lowest BCUT2D eigenvalue weighted by molar-refractivity contribution is -0.146. The lowest BCUT2D eigenvalue weighted by atomic mass is 9.95. The molecule has 4 fully saturated rings. The fourth-order valence-corrected chi connectivity index (χ4v) is 9.59. The summed E-state index contributed by atoms with van der Waals surface area (Å²) < 4.78 is 0. The summed E-state index contributed by atoms with van der Waals surface area (Å²) >= 11 is 0. The maximum absolute atomic E-state index is 14.5. The van der Waals surface area contributed by atoms with Crippen LogP contribution in [0, 0.1) is 11.8 Å². The van der Waals surface area contributed by atoms with Crippen LogP contribution in [0.1, 0.15) is 76.3 Å². The number of likely N-dealkylation sites (N-methyl/N-ethyl adjacent to an activating group) is 2. The third-order valence-electron chi connectivity index (χ3n) is 13.6. The summed E-state index contributed by atoms with van der Waals surface area (Å²) in [5.74, 6) is -1.30. The van der Waals surface area contributed by atoms with Crippen LogP contribution in [-0.2, 0) is 41.6 Å². The highest BCUT2D eigenvalue weighted by molar-refractivity contribution is 5.95. The molecule has 6 amide bonds. The number of carbonyl (C=O) groups is 6. The van der Waals surface area contributed by atoms with Crippen molar-refractivity contribution >= 4 is 35.4 Å². The van der Waals surface area contributed by atoms with E-state index in [4.69, 9.17) is 0 Å². The molecule has 0 radical (unpaired) electrons. The monoisotopic (exact) mass is 853 g/mol. The summed E-state index contributed by atoms with van der Waals surface area (Å²) in [7, 11) is 3.35. The summed E-state index contributed by atoms with van der Waals surface area (Å²) in [6, 6.07) is 15.9. The molecule has 0 spiro atoms. The first-order valence-electron chi connectivity index (χ1n) is 22.9. The Bertz CT molecular complexity index is 1750. The zero-order valence-corrected chi connectivity index (χ0v) is 37.1. The van der Waals surface area contributed by atoms with Crippen LogP contribution in [0.2, 0.25) is 0 Å². The topological polar surface area (TPSA) is 164 Å². The molecule has 0 saturated carbocycles. The van der Waals surface area contributed by atoms with Crippen molar-refractivity contribution in [3.8, 4) is 0 Å². The van der Waals surface area contributed by atoms with Gasteiger partial charge in [-0.2, -0.15) is 0 Å². The lowest BCUT2D eigenvalue weighted by Crippen LogP contribution is -2.56. The van der Waals surface area contributed by atoms with Gasteiger partial charge in [0, 0.05) is 39.3 Å². The van der Waals surface area contributed by atoms with Gasteiger partial charge in [-0.1, -0.05) is 72.8 Å². The van der Waals surface area contributed by atoms with E-state index in [9.17, 15) is 28.8 Å². The molecule has 0 unspecified atom stereocenters. The SMILES string of the molecule is CN[C@@H](C)C(=O)N[C@@H](CC=CC[C@H](NC(=O)[C@H](C)NC)C(=O)N1CC[C@H]2CCCN(CCc3ccccc3)C(=O)[C@H]21)C(=O)N1CC[C@H]2CCCN(CCc3ccccc3)C(=O)[C@H]21. The maximum atomic E-state index is 14.5. The van der Waals surface area contributed by atoms with Crippen LogP contribution >= 0.6 is 0 Å². The van der Waals surface area contributed by atoms with E-state index < -0.39 is 36.3 Å². The molecule has 336 valence electrons. The second kappa shape index (κ2) is 22.3. The smallest absolute Gasteiger partial charge is 0.246 e. The van der Waals surface area contributed by atoms with Crippen molar-refractivity contribution in [3.63, 3.8) is 0 Å². The standard InChI is InChI=1S/C48H68N8O6/c1-33(49-3)43(57)51-39(45(59)55-31-25-37-19-13-27-53(47(61)41(37)55)29-23-35-15-7-5-8-16-35)21-11-12-22-40(52-44(58)34(2)50-4)46(60)56-32-26-38-20-14-28-54(48(62)42(38)56)30-24-36-17-9-6-10-18-36/h5-12,15-18,33-34,37-42,49-50H,13-14,19-32H2,1-4H3,(H,51,57)(H,52,58)/t33-,34-,37+,38+,39-,40-,41-,42-/m0/s1. The maximum Gasteiger partial charge on any atom is 0.246 e. The average Bonchev–Trinajstić information content (AvgIpc) is 3.84. The van der Waals surface area contributed by atoms with E-state index >= 15 is 0 Å². The van der Waals surface area contributed by atoms with Gasteiger partial charge in [0.25, 0.3) is 0 Å². The minimum absolute atomic E-state index is 0.0398. The van der Waals surface area contributed by atoms with Gasteiger partial charge in [0.1, 0.15) is 24.2 Å². The molecule has 4 N–H and O–H groups in total. The highest BCUT2D eigenvalue weighted by Gasteiger charge is 2.47. The Morgan fingerprint density at radius 3 is 1.35 bits per heavy atom. The highest BCUT2D eigenvalue weighted by Crippen LogP contribution is 2.34. The van der Waals surface area contributed by atoms with Crippen LogP contribution < -0.4 is 21.3 Å². The Labute approximate surface area is 367 Å². The zero-order valence-electron chi connectivity index (χ0n) is 37.1. The van der Waals surface area contributed by atoms with Crippen LogP contribution in [-0.4, -0.2) is 145 Å². The molecule has 0 bridgehead atoms. The van der Waals surface area contributed by atoms with Crippen LogP contribution in [0.15, 0.2) is 72.8 Å². The number of amides is 6. The van der Waals surface area contributed by atoms with Gasteiger partial charge in [-0.25, -0.2) is 0 Å². The molecule has 0 aromatic heterocycles. The van der Waals surface area contributed by atoms with E-state index in [2.05, 4.69) is 45.5 Å². The average molecular weight is 853 g/mol. The van der Waals surface area contributed by atoms with E-state index in [1.165, 1.54) is 0 Å². The molecule has 0 aliphatic carbocycles. The molecule has 2 aromatic carbocycles. The predicted molar refractivity (Wildman–Crippen MR) is 238 cm³/mol. The van der Waals surface area contributed by atoms with Gasteiger partial charge in [-0.05, 0) is 115 Å². The van der Waals surface area contributed by atoms with E-state index in [0.29, 0.717) is 39.3 Å². The fourth-order valence-electron chi connectivity index (χ4n) is 9.59. The summed E-state index contributed by atoms with van der Waals surface area (Å²) in [5, 5.41) is 11.8. The van der Waals surface area contributed by atoms with Crippen LogP contribution in [0.4, 0.5) is 0 Å². The Morgan fingerprint density at radius 2 is 0.984 bits per heavy atom. The number of nitrogens with one attached hydrogen (secondary N) is 4. The van der Waals surface area contributed by atoms with Gasteiger partial charge < -0.3 is 40.9 Å². The number of carbonyl (C=O) groups excluding carboxylic acids is 6. The minimum atomic E-state index is -0.958. The number of hydrogen-bond donors (Lipinski definition) is 4. The predicted octanol–water partition coefficient (Wildman–Crippen LogP) is 2.67. The van der Waals surface area contributed by atoms with E-state index in [1.807, 2.05) is 46.2 Å². The summed E-state index contributed by atoms with van der Waals surface area (Å²) in [6.07, 6.45) is 10.1. The first kappa shape index (κ1) is 46.4. The summed E-state index contributed by atoms with van der Waals surface area (Å²) in [5.41, 5.74) is 2.30. The number of nitrogens with zero attached hydrogens (tertiary/aromatic N) is 4. The Balaban J connectivity index is 1.16. The summed E-state index contributed by atoms with van der Waals surface area (Å²) in [6.45, 7) is 6.71. The third-order valence-corrected chi connectivity index (χ3v) is 13.6.